The Balaban J connectivity index is 2.47. The van der Waals surface area contributed by atoms with Gasteiger partial charge in [-0.2, -0.15) is 0 Å². The average molecular weight is 206 g/mol. The van der Waals surface area contributed by atoms with Crippen LogP contribution in [0.3, 0.4) is 0 Å². The molecule has 15 heavy (non-hydrogen) atoms. The van der Waals surface area contributed by atoms with E-state index >= 15 is 0 Å². The summed E-state index contributed by atoms with van der Waals surface area (Å²) in [6.07, 6.45) is 2.73. The molecule has 0 saturated carbocycles. The smallest absolute Gasteiger partial charge is 0.438 e. The Morgan fingerprint density at radius 1 is 1.33 bits per heavy atom. The topological polar surface area (TPSA) is 35.5 Å². The number of benzene rings is 1. The quantitative estimate of drug-likeness (QED) is 0.713. The highest BCUT2D eigenvalue weighted by atomic mass is 16.7. The van der Waals surface area contributed by atoms with Gasteiger partial charge >= 0.3 is 6.16 Å². The van der Waals surface area contributed by atoms with Crippen molar-refractivity contribution in [2.45, 2.75) is 13.0 Å². The van der Waals surface area contributed by atoms with Gasteiger partial charge in [0.25, 0.3) is 0 Å². The Morgan fingerprint density at radius 2 is 2.00 bits per heavy atom. The maximum Gasteiger partial charge on any atom is 0.508 e. The molecule has 3 nitrogen and oxygen atoms in total. The van der Waals surface area contributed by atoms with E-state index in [1.807, 2.05) is 36.4 Å². The van der Waals surface area contributed by atoms with Crippen molar-refractivity contribution < 1.29 is 14.3 Å². The van der Waals surface area contributed by atoms with E-state index in [-0.39, 0.29) is 6.10 Å². The lowest BCUT2D eigenvalue weighted by Crippen LogP contribution is -2.12. The summed E-state index contributed by atoms with van der Waals surface area (Å²) in [6, 6.07) is 9.80. The van der Waals surface area contributed by atoms with Crippen molar-refractivity contribution in [3.8, 4) is 0 Å². The van der Waals surface area contributed by atoms with E-state index in [2.05, 4.69) is 4.74 Å². The van der Waals surface area contributed by atoms with Gasteiger partial charge < -0.3 is 9.47 Å². The van der Waals surface area contributed by atoms with Crippen molar-refractivity contribution in [1.29, 1.82) is 0 Å². The van der Waals surface area contributed by atoms with Crippen LogP contribution in [0.4, 0.5) is 4.79 Å². The van der Waals surface area contributed by atoms with Crippen LogP contribution in [0.15, 0.2) is 36.4 Å². The molecule has 0 aliphatic carbocycles. The number of hydrogen-bond acceptors (Lipinski definition) is 3. The Kier molecular flexibility index (Phi) is 4.41. The van der Waals surface area contributed by atoms with E-state index in [4.69, 9.17) is 4.74 Å². The maximum absolute atomic E-state index is 10.8. The lowest BCUT2D eigenvalue weighted by molar-refractivity contribution is 0.0581. The molecule has 1 rings (SSSR count). The first kappa shape index (κ1) is 11.3. The van der Waals surface area contributed by atoms with Gasteiger partial charge in [0.15, 0.2) is 0 Å². The van der Waals surface area contributed by atoms with E-state index in [0.717, 1.165) is 5.56 Å². The summed E-state index contributed by atoms with van der Waals surface area (Å²) in [4.78, 5) is 10.8. The molecule has 0 saturated heterocycles. The van der Waals surface area contributed by atoms with Crippen LogP contribution >= 0.6 is 0 Å². The third-order valence-electron chi connectivity index (χ3n) is 1.81. The largest absolute Gasteiger partial charge is 0.508 e. The van der Waals surface area contributed by atoms with E-state index in [0.29, 0.717) is 0 Å². The lowest BCUT2D eigenvalue weighted by atomic mass is 10.2. The Labute approximate surface area is 89.3 Å². The fourth-order valence-electron chi connectivity index (χ4n) is 1.05. The third kappa shape index (κ3) is 4.31. The van der Waals surface area contributed by atoms with Gasteiger partial charge in [0.1, 0.15) is 6.10 Å². The molecule has 1 aromatic carbocycles. The number of hydrogen-bond donors (Lipinski definition) is 0. The van der Waals surface area contributed by atoms with Crippen molar-refractivity contribution in [3.05, 3.63) is 42.0 Å². The molecule has 1 unspecified atom stereocenters. The van der Waals surface area contributed by atoms with Gasteiger partial charge in [-0.3, -0.25) is 0 Å². The first-order valence-electron chi connectivity index (χ1n) is 4.70. The summed E-state index contributed by atoms with van der Waals surface area (Å²) in [5.74, 6) is 0. The highest BCUT2D eigenvalue weighted by molar-refractivity contribution is 5.60. The van der Waals surface area contributed by atoms with Gasteiger partial charge in [0.05, 0.1) is 7.11 Å². The molecular weight excluding hydrogens is 192 g/mol. The molecule has 0 radical (unpaired) electrons. The zero-order chi connectivity index (χ0) is 11.1. The SMILES string of the molecule is COC(=O)OC(C)/C=C/c1ccccc1. The highest BCUT2D eigenvalue weighted by Gasteiger charge is 2.04. The molecule has 0 aromatic heterocycles. The van der Waals surface area contributed by atoms with Crippen LogP contribution in [0, 0.1) is 0 Å². The van der Waals surface area contributed by atoms with Gasteiger partial charge in [-0.1, -0.05) is 36.4 Å². The highest BCUT2D eigenvalue weighted by Crippen LogP contribution is 2.04. The Hall–Kier alpha value is -1.77. The van der Waals surface area contributed by atoms with E-state index in [1.165, 1.54) is 7.11 Å². The van der Waals surface area contributed by atoms with Gasteiger partial charge in [0, 0.05) is 0 Å². The van der Waals surface area contributed by atoms with Crippen LogP contribution < -0.4 is 0 Å². The molecule has 1 aromatic rings. The first-order valence-corrected chi connectivity index (χ1v) is 4.70. The van der Waals surface area contributed by atoms with Crippen LogP contribution in [0.5, 0.6) is 0 Å². The summed E-state index contributed by atoms with van der Waals surface area (Å²) >= 11 is 0. The monoisotopic (exact) mass is 206 g/mol. The molecule has 0 aliphatic heterocycles. The zero-order valence-corrected chi connectivity index (χ0v) is 8.84. The molecule has 0 heterocycles. The minimum Gasteiger partial charge on any atom is -0.438 e. The summed E-state index contributed by atoms with van der Waals surface area (Å²) in [5, 5.41) is 0. The van der Waals surface area contributed by atoms with E-state index in [1.54, 1.807) is 13.0 Å². The Morgan fingerprint density at radius 3 is 2.60 bits per heavy atom. The minimum absolute atomic E-state index is 0.294. The Bertz CT molecular complexity index is 330. The van der Waals surface area contributed by atoms with Crippen LogP contribution in [0.2, 0.25) is 0 Å². The molecule has 0 amide bonds. The van der Waals surface area contributed by atoms with Crippen molar-refractivity contribution in [2.24, 2.45) is 0 Å². The predicted octanol–water partition coefficient (Wildman–Crippen LogP) is 2.87. The van der Waals surface area contributed by atoms with E-state index < -0.39 is 6.16 Å². The number of rotatable bonds is 3. The van der Waals surface area contributed by atoms with Crippen LogP contribution in [0.1, 0.15) is 12.5 Å². The zero-order valence-electron chi connectivity index (χ0n) is 8.84. The maximum atomic E-state index is 10.8. The summed E-state index contributed by atoms with van der Waals surface area (Å²) in [5.41, 5.74) is 1.07. The standard InChI is InChI=1S/C12H14O3/c1-10(15-12(13)14-2)8-9-11-6-4-3-5-7-11/h3-10H,1-2H3/b9-8+. The molecule has 1 atom stereocenters. The van der Waals surface area contributed by atoms with Gasteiger partial charge in [0.2, 0.25) is 0 Å². The van der Waals surface area contributed by atoms with Crippen molar-refractivity contribution in [1.82, 2.24) is 0 Å². The molecular formula is C12H14O3. The molecule has 0 spiro atoms. The van der Waals surface area contributed by atoms with Gasteiger partial charge in [-0.15, -0.1) is 0 Å². The predicted molar refractivity (Wildman–Crippen MR) is 58.4 cm³/mol. The molecule has 0 fully saturated rings. The second-order valence-electron chi connectivity index (χ2n) is 3.05. The molecule has 0 bridgehead atoms. The summed E-state index contributed by atoms with van der Waals surface area (Å²) in [7, 11) is 1.29. The number of ether oxygens (including phenoxy) is 2. The van der Waals surface area contributed by atoms with Gasteiger partial charge in [-0.25, -0.2) is 4.79 Å². The summed E-state index contributed by atoms with van der Waals surface area (Å²) < 4.78 is 9.25. The van der Waals surface area contributed by atoms with E-state index in [9.17, 15) is 4.79 Å². The first-order chi connectivity index (χ1) is 7.22. The van der Waals surface area contributed by atoms with Crippen molar-refractivity contribution in [2.75, 3.05) is 7.11 Å². The summed E-state index contributed by atoms with van der Waals surface area (Å²) in [6.45, 7) is 1.77. The van der Waals surface area contributed by atoms with Crippen LogP contribution in [-0.2, 0) is 9.47 Å². The molecule has 0 N–H and O–H groups in total. The normalized spacial score (nSPS) is 12.4. The van der Waals surface area contributed by atoms with Crippen LogP contribution in [-0.4, -0.2) is 19.4 Å². The number of carbonyl (C=O) groups excluding carboxylic acids is 1. The molecule has 0 aliphatic rings. The second kappa shape index (κ2) is 5.86. The fourth-order valence-corrected chi connectivity index (χ4v) is 1.05. The number of carbonyl (C=O) groups is 1. The number of methoxy groups -OCH3 is 1. The van der Waals surface area contributed by atoms with Gasteiger partial charge in [-0.05, 0) is 18.6 Å². The third-order valence-corrected chi connectivity index (χ3v) is 1.81. The lowest BCUT2D eigenvalue weighted by Gasteiger charge is -2.06. The molecule has 3 heteroatoms. The van der Waals surface area contributed by atoms with Crippen molar-refractivity contribution >= 4 is 12.2 Å². The molecule has 80 valence electrons. The fraction of sp³-hybridized carbons (Fsp3) is 0.250. The minimum atomic E-state index is -0.666. The van der Waals surface area contributed by atoms with Crippen molar-refractivity contribution in [3.63, 3.8) is 0 Å². The second-order valence-corrected chi connectivity index (χ2v) is 3.05. The average Bonchev–Trinajstić information content (AvgIpc) is 2.27. The van der Waals surface area contributed by atoms with Crippen LogP contribution in [0.25, 0.3) is 6.08 Å².